The van der Waals surface area contributed by atoms with Gasteiger partial charge in [-0.25, -0.2) is 9.18 Å². The number of aromatic nitrogens is 2. The van der Waals surface area contributed by atoms with Crippen LogP contribution >= 0.6 is 11.6 Å². The predicted octanol–water partition coefficient (Wildman–Crippen LogP) is 5.25. The summed E-state index contributed by atoms with van der Waals surface area (Å²) < 4.78 is 22.5. The summed E-state index contributed by atoms with van der Waals surface area (Å²) in [6, 6.07) is 11.0. The van der Waals surface area contributed by atoms with Gasteiger partial charge >= 0.3 is 5.97 Å². The Morgan fingerprint density at radius 1 is 1.19 bits per heavy atom. The molecule has 0 aliphatic heterocycles. The predicted molar refractivity (Wildman–Crippen MR) is 139 cm³/mol. The number of aliphatic hydroxyl groups is 1. The molecule has 0 amide bonds. The highest BCUT2D eigenvalue weighted by molar-refractivity contribution is 6.30. The van der Waals surface area contributed by atoms with E-state index in [2.05, 4.69) is 4.98 Å². The molecule has 2 heterocycles. The fraction of sp³-hybridized carbons (Fsp3) is 0.250. The number of hydrogen-bond donors (Lipinski definition) is 2. The first-order chi connectivity index (χ1) is 17.7. The van der Waals surface area contributed by atoms with Crippen molar-refractivity contribution in [2.75, 3.05) is 6.61 Å². The van der Waals surface area contributed by atoms with Gasteiger partial charge in [-0.1, -0.05) is 43.6 Å². The molecule has 37 heavy (non-hydrogen) atoms. The molecule has 0 aliphatic rings. The number of nitrogens with zero attached hydrogens (tertiary/aromatic N) is 2. The second kappa shape index (κ2) is 11.1. The number of pyridine rings is 2. The maximum Gasteiger partial charge on any atom is 0.341 e. The monoisotopic (exact) mass is 524 g/mol. The first kappa shape index (κ1) is 26.3. The molecule has 4 rings (SSSR count). The lowest BCUT2D eigenvalue weighted by atomic mass is 9.98. The highest BCUT2D eigenvalue weighted by atomic mass is 35.5. The highest BCUT2D eigenvalue weighted by Gasteiger charge is 2.23. The maximum absolute atomic E-state index is 14.8. The number of rotatable bonds is 9. The topological polar surface area (TPSA) is 102 Å². The van der Waals surface area contributed by atoms with Crippen molar-refractivity contribution in [3.05, 3.63) is 104 Å². The molecule has 7 nitrogen and oxygen atoms in total. The Balaban J connectivity index is 1.96. The van der Waals surface area contributed by atoms with Crippen LogP contribution in [0, 0.1) is 11.7 Å². The van der Waals surface area contributed by atoms with E-state index in [1.165, 1.54) is 18.3 Å². The largest absolute Gasteiger partial charge is 0.488 e. The van der Waals surface area contributed by atoms with E-state index in [1.54, 1.807) is 41.2 Å². The number of benzene rings is 2. The molecule has 1 atom stereocenters. The van der Waals surface area contributed by atoms with Crippen molar-refractivity contribution in [2.45, 2.75) is 32.9 Å². The van der Waals surface area contributed by atoms with Gasteiger partial charge < -0.3 is 19.5 Å². The minimum atomic E-state index is -1.37. The van der Waals surface area contributed by atoms with Crippen LogP contribution < -0.4 is 10.2 Å². The number of carbonyl (C=O) groups is 1. The van der Waals surface area contributed by atoms with Gasteiger partial charge in [0.2, 0.25) is 5.43 Å². The zero-order valence-corrected chi connectivity index (χ0v) is 21.1. The van der Waals surface area contributed by atoms with E-state index in [0.717, 1.165) is 5.56 Å². The van der Waals surface area contributed by atoms with Gasteiger partial charge in [0.15, 0.2) is 0 Å². The smallest absolute Gasteiger partial charge is 0.341 e. The Morgan fingerprint density at radius 2 is 1.97 bits per heavy atom. The number of fused-ring (bicyclic) bond motifs is 1. The molecule has 0 saturated heterocycles. The Bertz CT molecular complexity index is 1500. The van der Waals surface area contributed by atoms with Gasteiger partial charge in [-0.15, -0.1) is 0 Å². The van der Waals surface area contributed by atoms with Gasteiger partial charge in [0, 0.05) is 42.0 Å². The summed E-state index contributed by atoms with van der Waals surface area (Å²) in [5.74, 6) is -1.65. The quantitative estimate of drug-likeness (QED) is 0.310. The second-order valence-corrected chi connectivity index (χ2v) is 9.50. The molecule has 4 aromatic rings. The summed E-state index contributed by atoms with van der Waals surface area (Å²) in [5, 5.41) is 19.9. The third-order valence-corrected chi connectivity index (χ3v) is 6.58. The van der Waals surface area contributed by atoms with Gasteiger partial charge in [-0.2, -0.15) is 0 Å². The molecule has 9 heteroatoms. The van der Waals surface area contributed by atoms with Crippen molar-refractivity contribution in [3.8, 4) is 5.75 Å². The number of carboxylic acids is 1. The van der Waals surface area contributed by atoms with E-state index in [-0.39, 0.29) is 36.0 Å². The van der Waals surface area contributed by atoms with Crippen molar-refractivity contribution in [2.24, 2.45) is 5.92 Å². The summed E-state index contributed by atoms with van der Waals surface area (Å²) in [6.07, 6.45) is 4.61. The number of aliphatic hydroxyl groups excluding tert-OH is 1. The van der Waals surface area contributed by atoms with E-state index in [9.17, 15) is 24.2 Å². The normalized spacial score (nSPS) is 12.2. The van der Waals surface area contributed by atoms with E-state index < -0.39 is 28.8 Å². The van der Waals surface area contributed by atoms with Gasteiger partial charge in [0.1, 0.15) is 23.7 Å². The van der Waals surface area contributed by atoms with Crippen LogP contribution in [0.2, 0.25) is 5.02 Å². The fourth-order valence-corrected chi connectivity index (χ4v) is 4.47. The first-order valence-electron chi connectivity index (χ1n) is 11.7. The zero-order valence-electron chi connectivity index (χ0n) is 20.3. The summed E-state index contributed by atoms with van der Waals surface area (Å²) in [4.78, 5) is 29.2. The average molecular weight is 525 g/mol. The number of ether oxygens (including phenoxy) is 1. The van der Waals surface area contributed by atoms with Crippen LogP contribution in [-0.4, -0.2) is 32.3 Å². The SMILES string of the molecule is CC(C)[C@@H](CO)n1cc(C(=O)O)c(=O)c2cc(Cc3cccc(Cl)c3F)c(OCc3cccnc3)cc21. The van der Waals surface area contributed by atoms with Crippen molar-refractivity contribution in [3.63, 3.8) is 0 Å². The lowest BCUT2D eigenvalue weighted by Gasteiger charge is -2.25. The van der Waals surface area contributed by atoms with Crippen LogP contribution in [-0.2, 0) is 13.0 Å². The maximum atomic E-state index is 14.8. The molecule has 2 aromatic heterocycles. The van der Waals surface area contributed by atoms with Crippen molar-refractivity contribution >= 4 is 28.5 Å². The minimum Gasteiger partial charge on any atom is -0.488 e. The van der Waals surface area contributed by atoms with Crippen LogP contribution in [0.5, 0.6) is 5.75 Å². The summed E-state index contributed by atoms with van der Waals surface area (Å²) in [6.45, 7) is 3.67. The zero-order chi connectivity index (χ0) is 26.7. The van der Waals surface area contributed by atoms with Crippen LogP contribution in [0.1, 0.15) is 46.9 Å². The number of aromatic carboxylic acids is 1. The Hall–Kier alpha value is -3.75. The Morgan fingerprint density at radius 3 is 2.62 bits per heavy atom. The first-order valence-corrected chi connectivity index (χ1v) is 12.1. The lowest BCUT2D eigenvalue weighted by Crippen LogP contribution is -2.25. The Labute approximate surface area is 217 Å². The van der Waals surface area contributed by atoms with Crippen molar-refractivity contribution < 1.29 is 24.1 Å². The van der Waals surface area contributed by atoms with Gasteiger partial charge in [-0.05, 0) is 35.2 Å². The third-order valence-electron chi connectivity index (χ3n) is 6.29. The summed E-state index contributed by atoms with van der Waals surface area (Å²) >= 11 is 5.98. The molecular weight excluding hydrogens is 499 g/mol. The molecule has 0 saturated carbocycles. The fourth-order valence-electron chi connectivity index (χ4n) is 4.28. The van der Waals surface area contributed by atoms with Crippen molar-refractivity contribution in [1.82, 2.24) is 9.55 Å². The molecule has 0 unspecified atom stereocenters. The number of halogens is 2. The minimum absolute atomic E-state index is 0.0330. The molecule has 0 bridgehead atoms. The molecule has 2 aromatic carbocycles. The van der Waals surface area contributed by atoms with E-state index in [1.807, 2.05) is 19.9 Å². The molecule has 0 fully saturated rings. The highest BCUT2D eigenvalue weighted by Crippen LogP contribution is 2.32. The van der Waals surface area contributed by atoms with E-state index >= 15 is 0 Å². The van der Waals surface area contributed by atoms with Crippen LogP contribution in [0.15, 0.2) is 65.8 Å². The Kier molecular flexibility index (Phi) is 7.90. The molecule has 0 aliphatic carbocycles. The third kappa shape index (κ3) is 5.50. The summed E-state index contributed by atoms with van der Waals surface area (Å²) in [5.41, 5.74) is 0.883. The van der Waals surface area contributed by atoms with Crippen LogP contribution in [0.25, 0.3) is 10.9 Å². The molecule has 0 radical (unpaired) electrons. The van der Waals surface area contributed by atoms with Crippen molar-refractivity contribution in [1.29, 1.82) is 0 Å². The van der Waals surface area contributed by atoms with Crippen LogP contribution in [0.3, 0.4) is 0 Å². The second-order valence-electron chi connectivity index (χ2n) is 9.10. The molecule has 0 spiro atoms. The van der Waals surface area contributed by atoms with E-state index in [4.69, 9.17) is 16.3 Å². The molecular formula is C28H26ClFN2O5. The number of carboxylic acid groups (broad SMARTS) is 1. The van der Waals surface area contributed by atoms with E-state index in [0.29, 0.717) is 22.4 Å². The standard InChI is InChI=1S/C28H26ClFN2O5/c1-16(2)24(14-33)32-13-21(28(35)36)27(34)20-10-19(9-18-6-3-7-22(29)26(18)30)25(11-23(20)32)37-15-17-5-4-8-31-12-17/h3-8,10-13,16,24,33H,9,14-15H2,1-2H3,(H,35,36)/t24-/m1/s1. The molecule has 192 valence electrons. The number of hydrogen-bond acceptors (Lipinski definition) is 5. The summed E-state index contributed by atoms with van der Waals surface area (Å²) in [7, 11) is 0. The molecule has 2 N–H and O–H groups in total. The average Bonchev–Trinajstić information content (AvgIpc) is 2.87. The lowest BCUT2D eigenvalue weighted by molar-refractivity contribution is 0.0694. The van der Waals surface area contributed by atoms with Gasteiger partial charge in [0.25, 0.3) is 0 Å². The van der Waals surface area contributed by atoms with Gasteiger partial charge in [0.05, 0.1) is 23.2 Å². The van der Waals surface area contributed by atoms with Gasteiger partial charge in [-0.3, -0.25) is 9.78 Å². The van der Waals surface area contributed by atoms with Crippen LogP contribution in [0.4, 0.5) is 4.39 Å².